The van der Waals surface area contributed by atoms with Gasteiger partial charge in [0.05, 0.1) is 16.6 Å². The minimum absolute atomic E-state index is 0. The molecule has 1 fully saturated rings. The fraction of sp³-hybridized carbons (Fsp3) is 0.238. The molecule has 6 heteroatoms. The van der Waals surface area contributed by atoms with Crippen LogP contribution in [0.15, 0.2) is 59.4 Å². The van der Waals surface area contributed by atoms with Crippen molar-refractivity contribution in [2.45, 2.75) is 18.8 Å². The van der Waals surface area contributed by atoms with Crippen LogP contribution in [0.1, 0.15) is 24.5 Å². The lowest BCUT2D eigenvalue weighted by Gasteiger charge is -2.23. The molecule has 1 aliphatic heterocycles. The first-order valence-corrected chi connectivity index (χ1v) is 9.12. The molecule has 2 aromatic heterocycles. The summed E-state index contributed by atoms with van der Waals surface area (Å²) in [5.41, 5.74) is 4.87. The number of H-pyrrole nitrogens is 1. The molecular formula is C21H21ClN4O. The van der Waals surface area contributed by atoms with E-state index in [4.69, 9.17) is 5.10 Å². The molecular weight excluding hydrogens is 360 g/mol. The predicted molar refractivity (Wildman–Crippen MR) is 111 cm³/mol. The van der Waals surface area contributed by atoms with Crippen molar-refractivity contribution in [2.75, 3.05) is 13.1 Å². The van der Waals surface area contributed by atoms with Crippen LogP contribution in [0.4, 0.5) is 0 Å². The fourth-order valence-corrected chi connectivity index (χ4v) is 4.05. The minimum atomic E-state index is -0.0595. The van der Waals surface area contributed by atoms with Gasteiger partial charge in [0.25, 0.3) is 5.56 Å². The van der Waals surface area contributed by atoms with Gasteiger partial charge in [0.2, 0.25) is 0 Å². The van der Waals surface area contributed by atoms with Gasteiger partial charge in [-0.2, -0.15) is 5.10 Å². The van der Waals surface area contributed by atoms with E-state index in [2.05, 4.69) is 28.5 Å². The zero-order chi connectivity index (χ0) is 17.5. The minimum Gasteiger partial charge on any atom is -0.317 e. The van der Waals surface area contributed by atoms with Crippen LogP contribution < -0.4 is 10.9 Å². The smallest absolute Gasteiger partial charge is 0.251 e. The van der Waals surface area contributed by atoms with Gasteiger partial charge >= 0.3 is 0 Å². The van der Waals surface area contributed by atoms with Crippen LogP contribution in [-0.4, -0.2) is 27.7 Å². The van der Waals surface area contributed by atoms with E-state index in [9.17, 15) is 4.79 Å². The van der Waals surface area contributed by atoms with Crippen molar-refractivity contribution in [3.8, 4) is 11.1 Å². The molecule has 0 radical (unpaired) electrons. The lowest BCUT2D eigenvalue weighted by molar-refractivity contribution is 0.446. The van der Waals surface area contributed by atoms with Gasteiger partial charge in [-0.1, -0.05) is 42.5 Å². The Morgan fingerprint density at radius 1 is 1.00 bits per heavy atom. The van der Waals surface area contributed by atoms with E-state index in [1.807, 2.05) is 34.8 Å². The third kappa shape index (κ3) is 3.03. The summed E-state index contributed by atoms with van der Waals surface area (Å²) in [7, 11) is 0. The molecule has 2 aromatic carbocycles. The van der Waals surface area contributed by atoms with Crippen LogP contribution in [0.2, 0.25) is 0 Å². The first-order valence-electron chi connectivity index (χ1n) is 9.12. The molecule has 138 valence electrons. The normalized spacial score (nSPS) is 15.1. The Morgan fingerprint density at radius 3 is 2.56 bits per heavy atom. The van der Waals surface area contributed by atoms with Gasteiger partial charge in [-0.05, 0) is 43.1 Å². The van der Waals surface area contributed by atoms with Crippen LogP contribution in [-0.2, 0) is 0 Å². The second kappa shape index (κ2) is 7.18. The van der Waals surface area contributed by atoms with E-state index < -0.39 is 0 Å². The van der Waals surface area contributed by atoms with Crippen LogP contribution in [0.25, 0.3) is 27.7 Å². The van der Waals surface area contributed by atoms with Gasteiger partial charge < -0.3 is 10.3 Å². The maximum absolute atomic E-state index is 12.4. The van der Waals surface area contributed by atoms with Crippen LogP contribution >= 0.6 is 12.4 Å². The molecule has 4 aromatic rings. The highest BCUT2D eigenvalue weighted by Gasteiger charge is 2.21. The summed E-state index contributed by atoms with van der Waals surface area (Å²) < 4.78 is 1.95. The second-order valence-electron chi connectivity index (χ2n) is 6.91. The number of hydrogen-bond acceptors (Lipinski definition) is 3. The quantitative estimate of drug-likeness (QED) is 0.557. The molecule has 0 saturated carbocycles. The van der Waals surface area contributed by atoms with E-state index in [1.165, 1.54) is 0 Å². The standard InChI is InChI=1S/C21H20N4O.ClH/c26-19-13-18(15-9-11-22-12-10-15)25-21(23-19)20-16(7-4-8-17(20)24-25)14-5-2-1-3-6-14;/h1-8,13,15,22H,9-12H2,(H,23,26);1H. The Labute approximate surface area is 162 Å². The summed E-state index contributed by atoms with van der Waals surface area (Å²) in [5, 5.41) is 9.24. The topological polar surface area (TPSA) is 62.2 Å². The Hall–Kier alpha value is -2.63. The highest BCUT2D eigenvalue weighted by atomic mass is 35.5. The van der Waals surface area contributed by atoms with Crippen LogP contribution in [0.3, 0.4) is 0 Å². The molecule has 1 aliphatic rings. The molecule has 0 spiro atoms. The number of benzene rings is 2. The monoisotopic (exact) mass is 380 g/mol. The average Bonchev–Trinajstić information content (AvgIpc) is 3.07. The lowest BCUT2D eigenvalue weighted by atomic mass is 9.94. The number of nitrogens with zero attached hydrogens (tertiary/aromatic N) is 2. The van der Waals surface area contributed by atoms with Gasteiger partial charge in [-0.25, -0.2) is 4.52 Å². The molecule has 1 saturated heterocycles. The van der Waals surface area contributed by atoms with Crippen molar-refractivity contribution in [2.24, 2.45) is 0 Å². The molecule has 3 heterocycles. The number of halogens is 1. The highest BCUT2D eigenvalue weighted by molar-refractivity contribution is 6.03. The maximum Gasteiger partial charge on any atom is 0.251 e. The third-order valence-electron chi connectivity index (χ3n) is 5.31. The average molecular weight is 381 g/mol. The number of hydrogen-bond donors (Lipinski definition) is 2. The second-order valence-corrected chi connectivity index (χ2v) is 6.91. The van der Waals surface area contributed by atoms with E-state index in [0.717, 1.165) is 59.3 Å². The molecule has 5 nitrogen and oxygen atoms in total. The third-order valence-corrected chi connectivity index (χ3v) is 5.31. The number of piperidine rings is 1. The highest BCUT2D eigenvalue weighted by Crippen LogP contribution is 2.32. The van der Waals surface area contributed by atoms with E-state index >= 15 is 0 Å². The molecule has 0 unspecified atom stereocenters. The summed E-state index contributed by atoms with van der Waals surface area (Å²) in [6.07, 6.45) is 2.06. The summed E-state index contributed by atoms with van der Waals surface area (Å²) in [6.45, 7) is 1.96. The molecule has 0 aliphatic carbocycles. The Bertz CT molecular complexity index is 1140. The number of aromatic nitrogens is 3. The molecule has 0 atom stereocenters. The van der Waals surface area contributed by atoms with Crippen LogP contribution in [0, 0.1) is 0 Å². The number of rotatable bonds is 2. The molecule has 2 N–H and O–H groups in total. The van der Waals surface area contributed by atoms with Crippen molar-refractivity contribution in [3.05, 3.63) is 70.6 Å². The fourth-order valence-electron chi connectivity index (χ4n) is 4.05. The summed E-state index contributed by atoms with van der Waals surface area (Å²) >= 11 is 0. The SMILES string of the molecule is Cl.O=c1cc(C2CCNCC2)n2nc3cccc(-c4ccccc4)c3c2[nH]1. The van der Waals surface area contributed by atoms with Crippen molar-refractivity contribution in [1.29, 1.82) is 0 Å². The molecule has 0 amide bonds. The first-order chi connectivity index (χ1) is 12.8. The van der Waals surface area contributed by atoms with Gasteiger partial charge in [0.1, 0.15) is 5.65 Å². The summed E-state index contributed by atoms with van der Waals surface area (Å²) in [5.74, 6) is 0.357. The number of nitrogens with one attached hydrogen (secondary N) is 2. The number of aromatic amines is 1. The Balaban J connectivity index is 0.00000180. The van der Waals surface area contributed by atoms with E-state index in [1.54, 1.807) is 6.07 Å². The zero-order valence-electron chi connectivity index (χ0n) is 14.8. The Kier molecular flexibility index (Phi) is 4.72. The van der Waals surface area contributed by atoms with Gasteiger partial charge in [-0.15, -0.1) is 12.4 Å². The van der Waals surface area contributed by atoms with Gasteiger partial charge in [-0.3, -0.25) is 4.79 Å². The number of fused-ring (bicyclic) bond motifs is 3. The van der Waals surface area contributed by atoms with Gasteiger partial charge in [0, 0.05) is 12.0 Å². The first kappa shape index (κ1) is 17.8. The van der Waals surface area contributed by atoms with E-state index in [0.29, 0.717) is 5.92 Å². The van der Waals surface area contributed by atoms with Crippen molar-refractivity contribution < 1.29 is 0 Å². The molecule has 27 heavy (non-hydrogen) atoms. The Morgan fingerprint density at radius 2 is 1.78 bits per heavy atom. The van der Waals surface area contributed by atoms with Gasteiger partial charge in [0.15, 0.2) is 0 Å². The predicted octanol–water partition coefficient (Wildman–Crippen LogP) is 3.73. The van der Waals surface area contributed by atoms with Crippen LogP contribution in [0.5, 0.6) is 0 Å². The summed E-state index contributed by atoms with van der Waals surface area (Å²) in [6, 6.07) is 18.1. The van der Waals surface area contributed by atoms with Crippen molar-refractivity contribution in [1.82, 2.24) is 19.9 Å². The largest absolute Gasteiger partial charge is 0.317 e. The van der Waals surface area contributed by atoms with Crippen molar-refractivity contribution >= 4 is 29.0 Å². The van der Waals surface area contributed by atoms with Crippen molar-refractivity contribution in [3.63, 3.8) is 0 Å². The maximum atomic E-state index is 12.4. The summed E-state index contributed by atoms with van der Waals surface area (Å²) in [4.78, 5) is 15.5. The van der Waals surface area contributed by atoms with E-state index in [-0.39, 0.29) is 18.0 Å². The zero-order valence-corrected chi connectivity index (χ0v) is 15.6. The molecule has 5 rings (SSSR count). The molecule has 0 bridgehead atoms. The lowest BCUT2D eigenvalue weighted by Crippen LogP contribution is -2.28.